The first kappa shape index (κ1) is 15.6. The minimum atomic E-state index is -0.943. The third-order valence-corrected chi connectivity index (χ3v) is 3.91. The molecule has 1 saturated carbocycles. The molecule has 0 bridgehead atoms. The zero-order valence-corrected chi connectivity index (χ0v) is 12.3. The molecule has 4 heteroatoms. The van der Waals surface area contributed by atoms with Crippen LogP contribution in [0.4, 0.5) is 0 Å². The van der Waals surface area contributed by atoms with E-state index in [2.05, 4.69) is 0 Å². The Morgan fingerprint density at radius 1 is 1.24 bits per heavy atom. The van der Waals surface area contributed by atoms with Crippen LogP contribution < -0.4 is 4.74 Å². The smallest absolute Gasteiger partial charge is 0.328 e. The average molecular weight is 290 g/mol. The van der Waals surface area contributed by atoms with E-state index in [0.717, 1.165) is 49.7 Å². The van der Waals surface area contributed by atoms with Gasteiger partial charge < -0.3 is 14.6 Å². The summed E-state index contributed by atoms with van der Waals surface area (Å²) in [4.78, 5) is 10.4. The van der Waals surface area contributed by atoms with E-state index in [-0.39, 0.29) is 0 Å². The Hall–Kier alpha value is -1.81. The third kappa shape index (κ3) is 5.23. The van der Waals surface area contributed by atoms with Gasteiger partial charge in [0, 0.05) is 13.2 Å². The van der Waals surface area contributed by atoms with Crippen molar-refractivity contribution in [2.75, 3.05) is 13.7 Å². The molecule has 1 N–H and O–H groups in total. The van der Waals surface area contributed by atoms with Gasteiger partial charge in [-0.2, -0.15) is 0 Å². The van der Waals surface area contributed by atoms with Crippen LogP contribution in [-0.4, -0.2) is 30.9 Å². The fraction of sp³-hybridized carbons (Fsp3) is 0.471. The van der Waals surface area contributed by atoms with Crippen molar-refractivity contribution in [2.24, 2.45) is 5.92 Å². The highest BCUT2D eigenvalue weighted by Gasteiger charge is 2.21. The molecular weight excluding hydrogens is 268 g/mol. The van der Waals surface area contributed by atoms with E-state index >= 15 is 0 Å². The van der Waals surface area contributed by atoms with E-state index in [1.54, 1.807) is 13.2 Å². The van der Waals surface area contributed by atoms with Crippen molar-refractivity contribution >= 4 is 12.0 Å². The third-order valence-electron chi connectivity index (χ3n) is 3.91. The Morgan fingerprint density at radius 3 is 2.48 bits per heavy atom. The molecule has 2 rings (SSSR count). The maximum absolute atomic E-state index is 10.4. The Kier molecular flexibility index (Phi) is 5.81. The van der Waals surface area contributed by atoms with Crippen LogP contribution >= 0.6 is 0 Å². The number of carboxylic acid groups (broad SMARTS) is 1. The standard InChI is InChI=1S/C17H22O4/c1-20-15-7-4-14(5-8-15)12-21-16-9-2-13(3-10-16)6-11-17(18)19/h2-3,6,9-11,14-15H,4-5,7-8,12H2,1H3,(H,18,19)/b11-6+. The molecule has 1 aromatic rings. The molecule has 1 fully saturated rings. The number of benzene rings is 1. The van der Waals surface area contributed by atoms with Crippen molar-refractivity contribution in [1.29, 1.82) is 0 Å². The van der Waals surface area contributed by atoms with Gasteiger partial charge >= 0.3 is 5.97 Å². The van der Waals surface area contributed by atoms with Crippen LogP contribution in [-0.2, 0) is 9.53 Å². The van der Waals surface area contributed by atoms with Crippen molar-refractivity contribution in [3.05, 3.63) is 35.9 Å². The molecule has 21 heavy (non-hydrogen) atoms. The molecule has 1 aliphatic carbocycles. The lowest BCUT2D eigenvalue weighted by molar-refractivity contribution is -0.131. The van der Waals surface area contributed by atoms with Crippen molar-refractivity contribution in [3.63, 3.8) is 0 Å². The quantitative estimate of drug-likeness (QED) is 0.816. The molecule has 0 spiro atoms. The molecule has 0 amide bonds. The molecule has 0 atom stereocenters. The maximum Gasteiger partial charge on any atom is 0.328 e. The van der Waals surface area contributed by atoms with Crippen molar-refractivity contribution in [3.8, 4) is 5.75 Å². The second kappa shape index (κ2) is 7.84. The molecule has 0 heterocycles. The van der Waals surface area contributed by atoms with Gasteiger partial charge in [-0.1, -0.05) is 12.1 Å². The maximum atomic E-state index is 10.4. The summed E-state index contributed by atoms with van der Waals surface area (Å²) >= 11 is 0. The van der Waals surface area contributed by atoms with Crippen LogP contribution in [0, 0.1) is 5.92 Å². The normalized spacial score (nSPS) is 22.3. The number of hydrogen-bond acceptors (Lipinski definition) is 3. The first-order chi connectivity index (χ1) is 10.2. The highest BCUT2D eigenvalue weighted by atomic mass is 16.5. The van der Waals surface area contributed by atoms with E-state index < -0.39 is 5.97 Å². The summed E-state index contributed by atoms with van der Waals surface area (Å²) in [5.41, 5.74) is 0.852. The Balaban J connectivity index is 1.77. The predicted octanol–water partition coefficient (Wildman–Crippen LogP) is 3.37. The summed E-state index contributed by atoms with van der Waals surface area (Å²) < 4.78 is 11.2. The first-order valence-corrected chi connectivity index (χ1v) is 7.34. The topological polar surface area (TPSA) is 55.8 Å². The molecule has 0 aliphatic heterocycles. The van der Waals surface area contributed by atoms with Gasteiger partial charge in [-0.3, -0.25) is 0 Å². The van der Waals surface area contributed by atoms with Crippen LogP contribution in [0.25, 0.3) is 6.08 Å². The Labute approximate surface area is 125 Å². The van der Waals surface area contributed by atoms with Crippen LogP contribution in [0.15, 0.2) is 30.3 Å². The molecular formula is C17H22O4. The van der Waals surface area contributed by atoms with E-state index in [4.69, 9.17) is 14.6 Å². The number of carboxylic acids is 1. The van der Waals surface area contributed by atoms with Gasteiger partial charge in [-0.25, -0.2) is 4.79 Å². The van der Waals surface area contributed by atoms with Crippen molar-refractivity contribution < 1.29 is 19.4 Å². The van der Waals surface area contributed by atoms with Gasteiger partial charge in [0.2, 0.25) is 0 Å². The van der Waals surface area contributed by atoms with Gasteiger partial charge in [0.1, 0.15) is 5.75 Å². The largest absolute Gasteiger partial charge is 0.493 e. The van der Waals surface area contributed by atoms with Gasteiger partial charge in [0.05, 0.1) is 12.7 Å². The second-order valence-electron chi connectivity index (χ2n) is 5.43. The van der Waals surface area contributed by atoms with E-state index in [1.165, 1.54) is 0 Å². The summed E-state index contributed by atoms with van der Waals surface area (Å²) in [6.07, 6.45) is 7.65. The fourth-order valence-electron chi connectivity index (χ4n) is 2.59. The number of aliphatic carboxylic acids is 1. The van der Waals surface area contributed by atoms with Gasteiger partial charge in [0.25, 0.3) is 0 Å². The fourth-order valence-corrected chi connectivity index (χ4v) is 2.59. The number of ether oxygens (including phenoxy) is 2. The average Bonchev–Trinajstić information content (AvgIpc) is 2.52. The zero-order valence-electron chi connectivity index (χ0n) is 12.3. The lowest BCUT2D eigenvalue weighted by Crippen LogP contribution is -2.24. The summed E-state index contributed by atoms with van der Waals surface area (Å²) in [6.45, 7) is 0.737. The lowest BCUT2D eigenvalue weighted by Gasteiger charge is -2.27. The van der Waals surface area contributed by atoms with E-state index in [0.29, 0.717) is 12.0 Å². The molecule has 1 aromatic carbocycles. The molecule has 114 valence electrons. The predicted molar refractivity (Wildman–Crippen MR) is 81.4 cm³/mol. The highest BCUT2D eigenvalue weighted by Crippen LogP contribution is 2.26. The summed E-state index contributed by atoms with van der Waals surface area (Å²) in [5.74, 6) is 0.487. The zero-order chi connectivity index (χ0) is 15.1. The second-order valence-corrected chi connectivity index (χ2v) is 5.43. The van der Waals surface area contributed by atoms with Gasteiger partial charge in [-0.15, -0.1) is 0 Å². The summed E-state index contributed by atoms with van der Waals surface area (Å²) in [6, 6.07) is 7.47. The summed E-state index contributed by atoms with van der Waals surface area (Å²) in [7, 11) is 1.78. The lowest BCUT2D eigenvalue weighted by atomic mass is 9.88. The van der Waals surface area contributed by atoms with Crippen LogP contribution in [0.1, 0.15) is 31.2 Å². The number of methoxy groups -OCH3 is 1. The minimum absolute atomic E-state index is 0.418. The number of hydrogen-bond donors (Lipinski definition) is 1. The Bertz CT molecular complexity index is 470. The molecule has 4 nitrogen and oxygen atoms in total. The molecule has 0 saturated heterocycles. The minimum Gasteiger partial charge on any atom is -0.493 e. The molecule has 1 aliphatic rings. The molecule has 0 aromatic heterocycles. The van der Waals surface area contributed by atoms with Gasteiger partial charge in [0.15, 0.2) is 0 Å². The molecule has 0 radical (unpaired) electrons. The van der Waals surface area contributed by atoms with Crippen LogP contribution in [0.3, 0.4) is 0 Å². The number of carbonyl (C=O) groups is 1. The van der Waals surface area contributed by atoms with Crippen LogP contribution in [0.5, 0.6) is 5.75 Å². The highest BCUT2D eigenvalue weighted by molar-refractivity contribution is 5.85. The Morgan fingerprint density at radius 2 is 1.90 bits per heavy atom. The monoisotopic (exact) mass is 290 g/mol. The van der Waals surface area contributed by atoms with E-state index in [9.17, 15) is 4.79 Å². The van der Waals surface area contributed by atoms with Crippen molar-refractivity contribution in [2.45, 2.75) is 31.8 Å². The molecule has 0 unspecified atom stereocenters. The first-order valence-electron chi connectivity index (χ1n) is 7.34. The van der Waals surface area contributed by atoms with Gasteiger partial charge in [-0.05, 0) is 55.4 Å². The van der Waals surface area contributed by atoms with Crippen molar-refractivity contribution in [1.82, 2.24) is 0 Å². The number of rotatable bonds is 6. The van der Waals surface area contributed by atoms with E-state index in [1.807, 2.05) is 24.3 Å². The summed E-state index contributed by atoms with van der Waals surface area (Å²) in [5, 5.41) is 8.57. The SMILES string of the molecule is COC1CCC(COc2ccc(/C=C/C(=O)O)cc2)CC1. The van der Waals surface area contributed by atoms with Crippen LogP contribution in [0.2, 0.25) is 0 Å².